The summed E-state index contributed by atoms with van der Waals surface area (Å²) in [6, 6.07) is 4.13. The second-order valence-electron chi connectivity index (χ2n) is 7.93. The van der Waals surface area contributed by atoms with Crippen LogP contribution in [0.5, 0.6) is 5.75 Å². The fourth-order valence-corrected chi connectivity index (χ4v) is 3.13. The van der Waals surface area contributed by atoms with Crippen LogP contribution in [0.15, 0.2) is 17.0 Å². The first-order valence-corrected chi connectivity index (χ1v) is 8.44. The van der Waals surface area contributed by atoms with Gasteiger partial charge in [-0.3, -0.25) is 0 Å². The summed E-state index contributed by atoms with van der Waals surface area (Å²) in [5.41, 5.74) is 1.70. The van der Waals surface area contributed by atoms with Crippen LogP contribution in [0.25, 0.3) is 0 Å². The van der Waals surface area contributed by atoms with Crippen molar-refractivity contribution < 1.29 is 10.2 Å². The first-order valence-electron chi connectivity index (χ1n) is 7.56. The number of rotatable bonds is 3. The molecule has 0 unspecified atom stereocenters. The molecule has 0 spiro atoms. The molecule has 0 heterocycles. The predicted octanol–water partition coefficient (Wildman–Crippen LogP) is 4.85. The maximum atomic E-state index is 10.7. The highest BCUT2D eigenvalue weighted by molar-refractivity contribution is 8.00. The van der Waals surface area contributed by atoms with Crippen molar-refractivity contribution in [1.82, 2.24) is 0 Å². The van der Waals surface area contributed by atoms with Crippen molar-refractivity contribution in [3.05, 3.63) is 23.3 Å². The van der Waals surface area contributed by atoms with Crippen molar-refractivity contribution in [3.63, 3.8) is 0 Å². The molecule has 0 saturated carbocycles. The number of aliphatic hydroxyl groups is 1. The molecule has 1 aromatic rings. The van der Waals surface area contributed by atoms with E-state index in [1.165, 1.54) is 0 Å². The minimum atomic E-state index is -0.361. The van der Waals surface area contributed by atoms with Gasteiger partial charge in [0.05, 0.1) is 6.10 Å². The lowest BCUT2D eigenvalue weighted by Crippen LogP contribution is -2.18. The third-order valence-electron chi connectivity index (χ3n) is 3.70. The van der Waals surface area contributed by atoms with Crippen LogP contribution in [0, 0.1) is 0 Å². The number of phenols is 1. The summed E-state index contributed by atoms with van der Waals surface area (Å²) in [6.07, 6.45) is -0.361. The van der Waals surface area contributed by atoms with Gasteiger partial charge in [0.1, 0.15) is 5.75 Å². The third-order valence-corrected chi connectivity index (χ3v) is 4.97. The number of aromatic hydroxyl groups is 1. The van der Waals surface area contributed by atoms with E-state index in [-0.39, 0.29) is 22.2 Å². The van der Waals surface area contributed by atoms with E-state index in [9.17, 15) is 10.2 Å². The Bertz CT molecular complexity index is 458. The highest BCUT2D eigenvalue weighted by Crippen LogP contribution is 2.42. The molecule has 3 heteroatoms. The van der Waals surface area contributed by atoms with Gasteiger partial charge in [-0.15, -0.1) is 11.8 Å². The van der Waals surface area contributed by atoms with E-state index < -0.39 is 0 Å². The molecule has 2 nitrogen and oxygen atoms in total. The van der Waals surface area contributed by atoms with Crippen LogP contribution >= 0.6 is 11.8 Å². The molecule has 1 aromatic carbocycles. The maximum absolute atomic E-state index is 10.7. The zero-order valence-electron chi connectivity index (χ0n) is 14.6. The Hall–Kier alpha value is -0.670. The number of thioether (sulfide) groups is 1. The lowest BCUT2D eigenvalue weighted by Gasteiger charge is -2.28. The lowest BCUT2D eigenvalue weighted by atomic mass is 9.79. The van der Waals surface area contributed by atoms with Crippen molar-refractivity contribution >= 4 is 11.8 Å². The van der Waals surface area contributed by atoms with E-state index >= 15 is 0 Å². The van der Waals surface area contributed by atoms with Gasteiger partial charge in [-0.1, -0.05) is 48.5 Å². The second kappa shape index (κ2) is 6.21. The smallest absolute Gasteiger partial charge is 0.123 e. The standard InChI is InChI=1S/C18H30O2S/c1-11(19)12(2)21-13-9-14(17(3,4)5)16(20)15(10-13)18(6,7)8/h9-12,19-20H,1-8H3/t11-,12+/m1/s1. The SMILES string of the molecule is C[C@H](Sc1cc(C(C)(C)C)c(O)c(C(C)(C)C)c1)[C@@H](C)O. The Balaban J connectivity index is 3.41. The van der Waals surface area contributed by atoms with E-state index in [2.05, 4.69) is 53.7 Å². The Morgan fingerprint density at radius 2 is 1.29 bits per heavy atom. The zero-order chi connectivity index (χ0) is 16.6. The molecular weight excluding hydrogens is 280 g/mol. The van der Waals surface area contributed by atoms with Crippen molar-refractivity contribution in [2.24, 2.45) is 0 Å². The van der Waals surface area contributed by atoms with Gasteiger partial charge in [0.15, 0.2) is 0 Å². The maximum Gasteiger partial charge on any atom is 0.123 e. The summed E-state index contributed by atoms with van der Waals surface area (Å²) in [6.45, 7) is 16.5. The highest BCUT2D eigenvalue weighted by atomic mass is 32.2. The minimum Gasteiger partial charge on any atom is -0.507 e. The fourth-order valence-electron chi connectivity index (χ4n) is 2.13. The van der Waals surface area contributed by atoms with Crippen LogP contribution in [-0.2, 0) is 10.8 Å². The van der Waals surface area contributed by atoms with Crippen molar-refractivity contribution in [2.75, 3.05) is 0 Å². The van der Waals surface area contributed by atoms with Gasteiger partial charge >= 0.3 is 0 Å². The summed E-state index contributed by atoms with van der Waals surface area (Å²) in [4.78, 5) is 1.11. The van der Waals surface area contributed by atoms with Crippen LogP contribution < -0.4 is 0 Å². The van der Waals surface area contributed by atoms with Crippen LogP contribution in [0.3, 0.4) is 0 Å². The van der Waals surface area contributed by atoms with E-state index in [1.54, 1.807) is 11.8 Å². The summed E-state index contributed by atoms with van der Waals surface area (Å²) in [5.74, 6) is 0.407. The number of hydrogen-bond acceptors (Lipinski definition) is 3. The van der Waals surface area contributed by atoms with Gasteiger partial charge in [-0.25, -0.2) is 0 Å². The van der Waals surface area contributed by atoms with Gasteiger partial charge in [0, 0.05) is 21.3 Å². The number of hydrogen-bond donors (Lipinski definition) is 2. The van der Waals surface area contributed by atoms with Gasteiger partial charge in [-0.2, -0.15) is 0 Å². The van der Waals surface area contributed by atoms with E-state index in [0.29, 0.717) is 5.75 Å². The Morgan fingerprint density at radius 3 is 1.57 bits per heavy atom. The lowest BCUT2D eigenvalue weighted by molar-refractivity contribution is 0.196. The molecular formula is C18H30O2S. The summed E-state index contributed by atoms with van der Waals surface area (Å²) in [7, 11) is 0. The topological polar surface area (TPSA) is 40.5 Å². The fraction of sp³-hybridized carbons (Fsp3) is 0.667. The van der Waals surface area contributed by atoms with Crippen LogP contribution in [-0.4, -0.2) is 21.6 Å². The molecule has 0 aromatic heterocycles. The average Bonchev–Trinajstić information content (AvgIpc) is 2.27. The summed E-state index contributed by atoms with van der Waals surface area (Å²) >= 11 is 1.66. The van der Waals surface area contributed by atoms with Crippen LogP contribution in [0.1, 0.15) is 66.5 Å². The Morgan fingerprint density at radius 1 is 0.905 bits per heavy atom. The van der Waals surface area contributed by atoms with E-state index in [0.717, 1.165) is 16.0 Å². The molecule has 0 bridgehead atoms. The summed E-state index contributed by atoms with van der Waals surface area (Å²) in [5, 5.41) is 20.5. The van der Waals surface area contributed by atoms with Gasteiger partial charge in [0.2, 0.25) is 0 Å². The van der Waals surface area contributed by atoms with E-state index in [4.69, 9.17) is 0 Å². The van der Waals surface area contributed by atoms with Crippen LogP contribution in [0.4, 0.5) is 0 Å². The molecule has 120 valence electrons. The van der Waals surface area contributed by atoms with Crippen molar-refractivity contribution in [2.45, 2.75) is 82.5 Å². The summed E-state index contributed by atoms with van der Waals surface area (Å²) < 4.78 is 0. The quantitative estimate of drug-likeness (QED) is 0.784. The first kappa shape index (κ1) is 18.4. The molecule has 0 aliphatic heterocycles. The molecule has 2 N–H and O–H groups in total. The largest absolute Gasteiger partial charge is 0.507 e. The molecule has 0 saturated heterocycles. The zero-order valence-corrected chi connectivity index (χ0v) is 15.4. The molecule has 21 heavy (non-hydrogen) atoms. The molecule has 0 aliphatic carbocycles. The van der Waals surface area contributed by atoms with Crippen molar-refractivity contribution in [1.29, 1.82) is 0 Å². The molecule has 1 rings (SSSR count). The molecule has 0 fully saturated rings. The van der Waals surface area contributed by atoms with Gasteiger partial charge in [0.25, 0.3) is 0 Å². The van der Waals surface area contributed by atoms with E-state index in [1.807, 2.05) is 13.8 Å². The Kier molecular flexibility index (Phi) is 5.44. The second-order valence-corrected chi connectivity index (χ2v) is 9.38. The average molecular weight is 311 g/mol. The predicted molar refractivity (Wildman–Crippen MR) is 92.5 cm³/mol. The first-order chi connectivity index (χ1) is 9.34. The van der Waals surface area contributed by atoms with Gasteiger partial charge < -0.3 is 10.2 Å². The van der Waals surface area contributed by atoms with Crippen molar-refractivity contribution in [3.8, 4) is 5.75 Å². The minimum absolute atomic E-state index is 0.116. The molecule has 0 amide bonds. The Labute approximate surface area is 134 Å². The third kappa shape index (κ3) is 4.65. The monoisotopic (exact) mass is 310 g/mol. The number of benzene rings is 1. The highest BCUT2D eigenvalue weighted by Gasteiger charge is 2.27. The number of aliphatic hydroxyl groups excluding tert-OH is 1. The normalized spacial score (nSPS) is 15.9. The molecule has 0 radical (unpaired) electrons. The number of phenolic OH excluding ortho intramolecular Hbond substituents is 1. The molecule has 0 aliphatic rings. The molecule has 2 atom stereocenters. The van der Waals surface area contributed by atoms with Gasteiger partial charge in [-0.05, 0) is 29.9 Å². The van der Waals surface area contributed by atoms with Crippen LogP contribution in [0.2, 0.25) is 0 Å².